The van der Waals surface area contributed by atoms with Crippen LogP contribution in [0.5, 0.6) is 0 Å². The van der Waals surface area contributed by atoms with Crippen LogP contribution in [0, 0.1) is 0 Å². The molecule has 6 nitrogen and oxygen atoms in total. The highest BCUT2D eigenvalue weighted by Gasteiger charge is 2.41. The third-order valence-corrected chi connectivity index (χ3v) is 5.67. The molecule has 4 heterocycles. The van der Waals surface area contributed by atoms with Gasteiger partial charge in [0.15, 0.2) is 0 Å². The van der Waals surface area contributed by atoms with Crippen molar-refractivity contribution in [3.05, 3.63) is 40.3 Å². The fraction of sp³-hybridized carbons (Fsp3) is 0.357. The van der Waals surface area contributed by atoms with Gasteiger partial charge in [0.1, 0.15) is 5.54 Å². The zero-order valence-electron chi connectivity index (χ0n) is 11.7. The molecule has 1 aliphatic heterocycles. The topological polar surface area (TPSA) is 68.8 Å². The van der Waals surface area contributed by atoms with E-state index in [1.165, 1.54) is 0 Å². The molecule has 22 heavy (non-hydrogen) atoms. The third kappa shape index (κ3) is 2.31. The van der Waals surface area contributed by atoms with Crippen molar-refractivity contribution < 1.29 is 4.52 Å². The third-order valence-electron chi connectivity index (χ3n) is 3.99. The zero-order chi connectivity index (χ0) is 15.0. The molecule has 0 saturated carbocycles. The van der Waals surface area contributed by atoms with Gasteiger partial charge >= 0.3 is 0 Å². The van der Waals surface area contributed by atoms with Crippen LogP contribution in [-0.2, 0) is 5.54 Å². The molecule has 1 saturated heterocycles. The summed E-state index contributed by atoms with van der Waals surface area (Å²) in [6.45, 7) is 1.81. The van der Waals surface area contributed by atoms with Crippen molar-refractivity contribution in [3.8, 4) is 10.7 Å². The molecule has 0 radical (unpaired) electrons. The number of nitrogens with zero attached hydrogens (tertiary/aromatic N) is 4. The molecule has 0 spiro atoms. The molecule has 0 aliphatic carbocycles. The summed E-state index contributed by atoms with van der Waals surface area (Å²) >= 11 is 5.05. The SMILES string of the molecule is Brc1csc(-c2noc(C3(n4cccn4)CCNCC3)n2)c1. The van der Waals surface area contributed by atoms with Crippen molar-refractivity contribution in [2.45, 2.75) is 18.4 Å². The molecule has 1 N–H and O–H groups in total. The molecular weight excluding hydrogens is 366 g/mol. The molecule has 3 aromatic heterocycles. The smallest absolute Gasteiger partial charge is 0.255 e. The van der Waals surface area contributed by atoms with E-state index in [2.05, 4.69) is 36.5 Å². The fourth-order valence-corrected chi connectivity index (χ4v) is 4.20. The number of thiophene rings is 1. The molecule has 114 valence electrons. The number of halogens is 1. The fourth-order valence-electron chi connectivity index (χ4n) is 2.85. The summed E-state index contributed by atoms with van der Waals surface area (Å²) in [7, 11) is 0. The molecule has 0 atom stereocenters. The lowest BCUT2D eigenvalue weighted by atomic mass is 9.88. The Morgan fingerprint density at radius 2 is 2.23 bits per heavy atom. The maximum Gasteiger partial charge on any atom is 0.255 e. The lowest BCUT2D eigenvalue weighted by Gasteiger charge is -2.34. The second-order valence-corrected chi connectivity index (χ2v) is 7.11. The predicted molar refractivity (Wildman–Crippen MR) is 86.7 cm³/mol. The van der Waals surface area contributed by atoms with E-state index >= 15 is 0 Å². The monoisotopic (exact) mass is 379 g/mol. The van der Waals surface area contributed by atoms with Crippen LogP contribution in [0.1, 0.15) is 18.7 Å². The Labute approximate surface area is 139 Å². The number of hydrogen-bond acceptors (Lipinski definition) is 6. The van der Waals surface area contributed by atoms with E-state index in [1.54, 1.807) is 17.5 Å². The Balaban J connectivity index is 1.76. The van der Waals surface area contributed by atoms with Crippen LogP contribution in [0.15, 0.2) is 38.9 Å². The quantitative estimate of drug-likeness (QED) is 0.757. The molecule has 8 heteroatoms. The summed E-state index contributed by atoms with van der Waals surface area (Å²) in [5, 5.41) is 14.0. The Kier molecular flexibility index (Phi) is 3.59. The normalized spacial score (nSPS) is 17.7. The Morgan fingerprint density at radius 3 is 2.91 bits per heavy atom. The largest absolute Gasteiger partial charge is 0.336 e. The van der Waals surface area contributed by atoms with Gasteiger partial charge in [-0.25, -0.2) is 0 Å². The highest BCUT2D eigenvalue weighted by molar-refractivity contribution is 9.10. The number of rotatable bonds is 3. The van der Waals surface area contributed by atoms with Crippen molar-refractivity contribution >= 4 is 27.3 Å². The number of aromatic nitrogens is 4. The second-order valence-electron chi connectivity index (χ2n) is 5.28. The van der Waals surface area contributed by atoms with Crippen molar-refractivity contribution in [3.63, 3.8) is 0 Å². The number of nitrogens with one attached hydrogen (secondary N) is 1. The minimum atomic E-state index is -0.353. The van der Waals surface area contributed by atoms with Crippen LogP contribution < -0.4 is 5.32 Å². The van der Waals surface area contributed by atoms with Crippen LogP contribution >= 0.6 is 27.3 Å². The molecule has 1 fully saturated rings. The highest BCUT2D eigenvalue weighted by Crippen LogP contribution is 2.35. The summed E-state index contributed by atoms with van der Waals surface area (Å²) in [4.78, 5) is 5.66. The van der Waals surface area contributed by atoms with E-state index in [9.17, 15) is 0 Å². The van der Waals surface area contributed by atoms with Gasteiger partial charge in [0.2, 0.25) is 5.82 Å². The highest BCUT2D eigenvalue weighted by atomic mass is 79.9. The minimum Gasteiger partial charge on any atom is -0.336 e. The molecule has 0 amide bonds. The first-order valence-electron chi connectivity index (χ1n) is 7.07. The lowest BCUT2D eigenvalue weighted by Crippen LogP contribution is -2.45. The van der Waals surface area contributed by atoms with Crippen LogP contribution in [0.3, 0.4) is 0 Å². The maximum absolute atomic E-state index is 5.64. The molecule has 1 aliphatic rings. The van der Waals surface area contributed by atoms with Gasteiger partial charge < -0.3 is 9.84 Å². The van der Waals surface area contributed by atoms with Crippen molar-refractivity contribution in [1.82, 2.24) is 25.2 Å². The predicted octanol–water partition coefficient (Wildman–Crippen LogP) is 2.88. The Morgan fingerprint density at radius 1 is 1.36 bits per heavy atom. The van der Waals surface area contributed by atoms with Crippen LogP contribution in [0.2, 0.25) is 0 Å². The molecular formula is C14H14BrN5OS. The summed E-state index contributed by atoms with van der Waals surface area (Å²) in [6, 6.07) is 3.93. The van der Waals surface area contributed by atoms with Gasteiger partial charge in [-0.15, -0.1) is 11.3 Å². The first kappa shape index (κ1) is 14.1. The molecule has 3 aromatic rings. The molecule has 0 bridgehead atoms. The Bertz CT molecular complexity index is 760. The van der Waals surface area contributed by atoms with Gasteiger partial charge in [0, 0.05) is 22.2 Å². The average molecular weight is 380 g/mol. The Hall–Kier alpha value is -1.51. The van der Waals surface area contributed by atoms with Crippen LogP contribution in [0.4, 0.5) is 0 Å². The standard InChI is InChI=1S/C14H14BrN5OS/c15-10-8-11(22-9-10)12-18-13(21-19-12)14(2-5-16-6-3-14)20-7-1-4-17-20/h1,4,7-9,16H,2-3,5-6H2. The second kappa shape index (κ2) is 5.60. The van der Waals surface area contributed by atoms with Crippen LogP contribution in [-0.4, -0.2) is 33.0 Å². The van der Waals surface area contributed by atoms with E-state index in [-0.39, 0.29) is 5.54 Å². The average Bonchev–Trinajstić information content (AvgIpc) is 3.29. The maximum atomic E-state index is 5.64. The van der Waals surface area contributed by atoms with E-state index in [0.29, 0.717) is 11.7 Å². The van der Waals surface area contributed by atoms with E-state index in [1.807, 2.05) is 28.4 Å². The zero-order valence-corrected chi connectivity index (χ0v) is 14.1. The van der Waals surface area contributed by atoms with Crippen molar-refractivity contribution in [2.24, 2.45) is 0 Å². The summed E-state index contributed by atoms with van der Waals surface area (Å²) < 4.78 is 8.62. The van der Waals surface area contributed by atoms with Gasteiger partial charge in [-0.2, -0.15) is 10.1 Å². The van der Waals surface area contributed by atoms with Gasteiger partial charge in [-0.1, -0.05) is 5.16 Å². The van der Waals surface area contributed by atoms with E-state index in [0.717, 1.165) is 35.3 Å². The summed E-state index contributed by atoms with van der Waals surface area (Å²) in [5.74, 6) is 1.27. The van der Waals surface area contributed by atoms with Crippen molar-refractivity contribution in [1.29, 1.82) is 0 Å². The van der Waals surface area contributed by atoms with Gasteiger partial charge in [-0.05, 0) is 54.0 Å². The first-order valence-corrected chi connectivity index (χ1v) is 8.75. The van der Waals surface area contributed by atoms with Gasteiger partial charge in [0.05, 0.1) is 4.88 Å². The summed E-state index contributed by atoms with van der Waals surface area (Å²) in [5.41, 5.74) is -0.353. The van der Waals surface area contributed by atoms with Gasteiger partial charge in [-0.3, -0.25) is 4.68 Å². The summed E-state index contributed by atoms with van der Waals surface area (Å²) in [6.07, 6.45) is 5.52. The van der Waals surface area contributed by atoms with Crippen LogP contribution in [0.25, 0.3) is 10.7 Å². The first-order chi connectivity index (χ1) is 10.8. The number of hydrogen-bond donors (Lipinski definition) is 1. The molecule has 4 rings (SSSR count). The minimum absolute atomic E-state index is 0.353. The number of piperidine rings is 1. The van der Waals surface area contributed by atoms with Gasteiger partial charge in [0.25, 0.3) is 5.89 Å². The molecule has 0 aromatic carbocycles. The van der Waals surface area contributed by atoms with E-state index in [4.69, 9.17) is 4.52 Å². The molecule has 0 unspecified atom stereocenters. The lowest BCUT2D eigenvalue weighted by molar-refractivity contribution is 0.172. The van der Waals surface area contributed by atoms with E-state index < -0.39 is 0 Å². The van der Waals surface area contributed by atoms with Crippen molar-refractivity contribution in [2.75, 3.05) is 13.1 Å².